The number of nitrogens with two attached hydrogens (primary N) is 1. The number of aliphatic imine (C=N–C) groups is 1. The van der Waals surface area contributed by atoms with E-state index in [9.17, 15) is 0 Å². The summed E-state index contributed by atoms with van der Waals surface area (Å²) in [6.07, 6.45) is 0. The van der Waals surface area contributed by atoms with Crippen molar-refractivity contribution in [3.8, 4) is 0 Å². The highest BCUT2D eigenvalue weighted by Crippen LogP contribution is 1.98. The van der Waals surface area contributed by atoms with E-state index in [1.165, 1.54) is 0 Å². The standard InChI is InChI=1S/C8H19N3S.2ClH/c1-4-11(5-2)7(3)6-10-8(9)12;;/h7H,4-6H2,1-3H3,(H3,9,10,12);2*1H/t7-;;/m0../s1. The maximum atomic E-state index is 5.32. The Balaban J connectivity index is -0.000000605. The van der Waals surface area contributed by atoms with Gasteiger partial charge in [0.05, 0.1) is 6.54 Å². The van der Waals surface area contributed by atoms with E-state index in [-0.39, 0.29) is 24.8 Å². The van der Waals surface area contributed by atoms with Crippen molar-refractivity contribution in [2.45, 2.75) is 26.8 Å². The van der Waals surface area contributed by atoms with Crippen LogP contribution in [0.5, 0.6) is 0 Å². The van der Waals surface area contributed by atoms with Crippen molar-refractivity contribution in [3.05, 3.63) is 0 Å². The Bertz CT molecular complexity index is 148. The fourth-order valence-corrected chi connectivity index (χ4v) is 1.27. The minimum atomic E-state index is 0. The molecule has 3 nitrogen and oxygen atoms in total. The summed E-state index contributed by atoms with van der Waals surface area (Å²) in [6.45, 7) is 9.28. The molecule has 1 atom stereocenters. The molecule has 0 spiro atoms. The lowest BCUT2D eigenvalue weighted by atomic mass is 10.3. The van der Waals surface area contributed by atoms with Crippen molar-refractivity contribution in [2.75, 3.05) is 19.6 Å². The lowest BCUT2D eigenvalue weighted by Gasteiger charge is -2.24. The van der Waals surface area contributed by atoms with E-state index in [4.69, 9.17) is 5.73 Å². The molecule has 0 aromatic carbocycles. The highest BCUT2D eigenvalue weighted by molar-refractivity contribution is 7.96. The van der Waals surface area contributed by atoms with Gasteiger partial charge in [0.2, 0.25) is 0 Å². The zero-order valence-corrected chi connectivity index (χ0v) is 11.5. The first-order chi connectivity index (χ1) is 5.61. The number of amidine groups is 1. The van der Waals surface area contributed by atoms with Crippen molar-refractivity contribution < 1.29 is 0 Å². The van der Waals surface area contributed by atoms with E-state index < -0.39 is 0 Å². The maximum absolute atomic E-state index is 5.32. The van der Waals surface area contributed by atoms with Crippen molar-refractivity contribution in [3.63, 3.8) is 0 Å². The van der Waals surface area contributed by atoms with Gasteiger partial charge in [0.15, 0.2) is 5.17 Å². The molecule has 6 heteroatoms. The lowest BCUT2D eigenvalue weighted by molar-refractivity contribution is 0.237. The van der Waals surface area contributed by atoms with E-state index >= 15 is 0 Å². The topological polar surface area (TPSA) is 41.6 Å². The highest BCUT2D eigenvalue weighted by Gasteiger charge is 2.08. The minimum Gasteiger partial charge on any atom is -0.379 e. The van der Waals surface area contributed by atoms with Crippen molar-refractivity contribution in [1.29, 1.82) is 0 Å². The third-order valence-electron chi connectivity index (χ3n) is 1.95. The molecule has 0 aliphatic heterocycles. The van der Waals surface area contributed by atoms with E-state index in [1.807, 2.05) is 0 Å². The molecule has 0 aliphatic rings. The van der Waals surface area contributed by atoms with E-state index in [0.717, 1.165) is 19.6 Å². The molecule has 0 heterocycles. The van der Waals surface area contributed by atoms with Gasteiger partial charge in [-0.05, 0) is 20.0 Å². The summed E-state index contributed by atoms with van der Waals surface area (Å²) in [5, 5.41) is 0.369. The van der Waals surface area contributed by atoms with E-state index in [2.05, 4.69) is 43.3 Å². The van der Waals surface area contributed by atoms with Gasteiger partial charge in [-0.3, -0.25) is 9.89 Å². The molecule has 0 radical (unpaired) electrons. The predicted octanol–water partition coefficient (Wildman–Crippen LogP) is 1.80. The van der Waals surface area contributed by atoms with Crippen LogP contribution in [0.2, 0.25) is 0 Å². The number of halogens is 2. The smallest absolute Gasteiger partial charge is 0.150 e. The maximum Gasteiger partial charge on any atom is 0.150 e. The second-order valence-corrected chi connectivity index (χ2v) is 3.23. The van der Waals surface area contributed by atoms with Crippen LogP contribution in [0.3, 0.4) is 0 Å². The Kier molecular flexibility index (Phi) is 16.2. The number of hydrogen-bond acceptors (Lipinski definition) is 2. The van der Waals surface area contributed by atoms with Crippen LogP contribution >= 0.6 is 37.4 Å². The van der Waals surface area contributed by atoms with E-state index in [1.54, 1.807) is 0 Å². The summed E-state index contributed by atoms with van der Waals surface area (Å²) >= 11 is 3.91. The summed E-state index contributed by atoms with van der Waals surface area (Å²) in [7, 11) is 0. The molecular weight excluding hydrogens is 241 g/mol. The fraction of sp³-hybridized carbons (Fsp3) is 0.875. The molecule has 14 heavy (non-hydrogen) atoms. The molecule has 0 bridgehead atoms. The van der Waals surface area contributed by atoms with Crippen LogP contribution in [0, 0.1) is 0 Å². The molecule has 88 valence electrons. The van der Waals surface area contributed by atoms with Crippen LogP contribution < -0.4 is 5.73 Å². The molecule has 0 saturated heterocycles. The quantitative estimate of drug-likeness (QED) is 0.451. The van der Waals surface area contributed by atoms with Gasteiger partial charge in [-0.15, -0.1) is 37.4 Å². The number of thiol groups is 1. The normalized spacial score (nSPS) is 13.1. The average Bonchev–Trinajstić information content (AvgIpc) is 2.03. The van der Waals surface area contributed by atoms with Crippen LogP contribution in [0.1, 0.15) is 20.8 Å². The van der Waals surface area contributed by atoms with E-state index in [0.29, 0.717) is 11.2 Å². The van der Waals surface area contributed by atoms with Gasteiger partial charge in [0.25, 0.3) is 0 Å². The second-order valence-electron chi connectivity index (χ2n) is 2.77. The number of nitrogens with zero attached hydrogens (tertiary/aromatic N) is 2. The van der Waals surface area contributed by atoms with Crippen LogP contribution in [0.15, 0.2) is 4.99 Å². The van der Waals surface area contributed by atoms with Gasteiger partial charge in [0, 0.05) is 6.04 Å². The second kappa shape index (κ2) is 11.4. The van der Waals surface area contributed by atoms with Gasteiger partial charge in [0.1, 0.15) is 0 Å². The molecule has 0 rings (SSSR count). The fourth-order valence-electron chi connectivity index (χ4n) is 1.19. The molecular formula is C8H21Cl2N3S. The first-order valence-corrected chi connectivity index (χ1v) is 4.79. The van der Waals surface area contributed by atoms with Crippen molar-refractivity contribution >= 4 is 42.6 Å². The van der Waals surface area contributed by atoms with Gasteiger partial charge < -0.3 is 5.73 Å². The van der Waals surface area contributed by atoms with Gasteiger partial charge >= 0.3 is 0 Å². The van der Waals surface area contributed by atoms with Crippen molar-refractivity contribution in [1.82, 2.24) is 4.90 Å². The third-order valence-corrected chi connectivity index (χ3v) is 2.09. The lowest BCUT2D eigenvalue weighted by Crippen LogP contribution is -2.35. The third kappa shape index (κ3) is 8.94. The summed E-state index contributed by atoms with van der Waals surface area (Å²) < 4.78 is 0. The molecule has 0 aromatic rings. The monoisotopic (exact) mass is 261 g/mol. The van der Waals surface area contributed by atoms with Crippen LogP contribution in [-0.4, -0.2) is 35.7 Å². The Morgan fingerprint density at radius 3 is 2.07 bits per heavy atom. The largest absolute Gasteiger partial charge is 0.379 e. The molecule has 0 aromatic heterocycles. The number of rotatable bonds is 5. The van der Waals surface area contributed by atoms with Gasteiger partial charge in [-0.25, -0.2) is 0 Å². The first kappa shape index (κ1) is 19.9. The molecule has 0 unspecified atom stereocenters. The summed E-state index contributed by atoms with van der Waals surface area (Å²) in [6, 6.07) is 0.450. The van der Waals surface area contributed by atoms with Crippen LogP contribution in [-0.2, 0) is 0 Å². The Hall–Kier alpha value is 0.360. The molecule has 2 N–H and O–H groups in total. The number of hydrogen-bond donors (Lipinski definition) is 2. The summed E-state index contributed by atoms with van der Waals surface area (Å²) in [5.74, 6) is 0. The van der Waals surface area contributed by atoms with Crippen LogP contribution in [0.4, 0.5) is 0 Å². The first-order valence-electron chi connectivity index (χ1n) is 4.34. The van der Waals surface area contributed by atoms with Gasteiger partial charge in [-0.2, -0.15) is 0 Å². The van der Waals surface area contributed by atoms with Crippen LogP contribution in [0.25, 0.3) is 0 Å². The minimum absolute atomic E-state index is 0. The Morgan fingerprint density at radius 1 is 1.36 bits per heavy atom. The van der Waals surface area contributed by atoms with Gasteiger partial charge in [-0.1, -0.05) is 13.8 Å². The zero-order valence-electron chi connectivity index (χ0n) is 8.93. The molecule has 0 saturated carbocycles. The zero-order chi connectivity index (χ0) is 9.56. The SMILES string of the molecule is CCN(CC)[C@@H](C)CN=C(N)S.Cl.Cl. The highest BCUT2D eigenvalue weighted by atomic mass is 35.5. The molecule has 0 fully saturated rings. The molecule has 0 aliphatic carbocycles. The summed E-state index contributed by atoms with van der Waals surface area (Å²) in [5.41, 5.74) is 5.32. The summed E-state index contributed by atoms with van der Waals surface area (Å²) in [4.78, 5) is 6.39. The molecule has 0 amide bonds. The average molecular weight is 262 g/mol. The number of likely N-dealkylation sites (N-methyl/N-ethyl adjacent to an activating group) is 1. The predicted molar refractivity (Wildman–Crippen MR) is 72.4 cm³/mol. The Morgan fingerprint density at radius 2 is 1.79 bits per heavy atom. The Labute approximate surface area is 105 Å². The van der Waals surface area contributed by atoms with Crippen molar-refractivity contribution in [2.24, 2.45) is 10.7 Å².